The van der Waals surface area contributed by atoms with Gasteiger partial charge in [-0.15, -0.1) is 0 Å². The molecule has 0 saturated carbocycles. The van der Waals surface area contributed by atoms with Gasteiger partial charge in [0.25, 0.3) is 0 Å². The molecule has 0 bridgehead atoms. The van der Waals surface area contributed by atoms with Crippen LogP contribution in [0.2, 0.25) is 0 Å². The monoisotopic (exact) mass is 327 g/mol. The molecule has 2 aromatic rings. The van der Waals surface area contributed by atoms with Crippen molar-refractivity contribution in [2.45, 2.75) is 6.54 Å². The molecule has 0 aromatic heterocycles. The highest BCUT2D eigenvalue weighted by molar-refractivity contribution is 7.92. The van der Waals surface area contributed by atoms with E-state index in [0.29, 0.717) is 11.4 Å². The summed E-state index contributed by atoms with van der Waals surface area (Å²) in [5.74, 6) is -1.03. The minimum atomic E-state index is -3.65. The number of benzene rings is 2. The first kappa shape index (κ1) is 16.2. The number of ether oxygens (including phenoxy) is 1. The van der Waals surface area contributed by atoms with Gasteiger partial charge in [-0.1, -0.05) is 12.1 Å². The minimum Gasteiger partial charge on any atom is -0.497 e. The van der Waals surface area contributed by atoms with E-state index in [1.165, 1.54) is 19.2 Å². The second-order valence-electron chi connectivity index (χ2n) is 4.71. The van der Waals surface area contributed by atoms with Crippen LogP contribution in [0.1, 0.15) is 5.56 Å². The molecule has 0 aliphatic heterocycles. The number of hydrogen-bond acceptors (Lipinski definition) is 3. The topological polar surface area (TPSA) is 46.6 Å². The summed E-state index contributed by atoms with van der Waals surface area (Å²) in [5, 5.41) is 0. The van der Waals surface area contributed by atoms with Crippen LogP contribution >= 0.6 is 0 Å². The summed E-state index contributed by atoms with van der Waals surface area (Å²) in [6.45, 7) is -0.238. The van der Waals surface area contributed by atoms with E-state index in [1.54, 1.807) is 18.2 Å². The number of sulfonamides is 1. The number of anilines is 1. The molecule has 22 heavy (non-hydrogen) atoms. The Hall–Kier alpha value is -2.15. The zero-order valence-corrected chi connectivity index (χ0v) is 12.9. The molecule has 0 atom stereocenters. The summed E-state index contributed by atoms with van der Waals surface area (Å²) in [7, 11) is -2.19. The predicted octanol–water partition coefficient (Wildman–Crippen LogP) is 2.94. The first-order valence-electron chi connectivity index (χ1n) is 6.37. The Morgan fingerprint density at radius 3 is 2.45 bits per heavy atom. The maximum atomic E-state index is 13.8. The normalized spacial score (nSPS) is 11.3. The molecule has 0 radical (unpaired) electrons. The fourth-order valence-electron chi connectivity index (χ4n) is 1.97. The Kier molecular flexibility index (Phi) is 4.65. The van der Waals surface area contributed by atoms with Gasteiger partial charge in [0, 0.05) is 17.7 Å². The van der Waals surface area contributed by atoms with Crippen molar-refractivity contribution in [3.8, 4) is 5.75 Å². The molecule has 0 aliphatic rings. The zero-order valence-electron chi connectivity index (χ0n) is 12.1. The molecule has 2 aromatic carbocycles. The van der Waals surface area contributed by atoms with Crippen molar-refractivity contribution >= 4 is 15.7 Å². The number of methoxy groups -OCH3 is 1. The van der Waals surface area contributed by atoms with Crippen LogP contribution in [0.25, 0.3) is 0 Å². The van der Waals surface area contributed by atoms with Gasteiger partial charge in [0.2, 0.25) is 10.0 Å². The van der Waals surface area contributed by atoms with Crippen LogP contribution in [0, 0.1) is 11.6 Å². The Morgan fingerprint density at radius 1 is 1.14 bits per heavy atom. The molecule has 118 valence electrons. The van der Waals surface area contributed by atoms with Crippen molar-refractivity contribution in [1.29, 1.82) is 0 Å². The lowest BCUT2D eigenvalue weighted by Gasteiger charge is -2.23. The summed E-state index contributed by atoms with van der Waals surface area (Å²) in [6, 6.07) is 9.44. The van der Waals surface area contributed by atoms with Crippen LogP contribution in [0.3, 0.4) is 0 Å². The van der Waals surface area contributed by atoms with E-state index in [0.717, 1.165) is 22.7 Å². The summed E-state index contributed by atoms with van der Waals surface area (Å²) in [4.78, 5) is 0. The molecular formula is C15H15F2NO3S. The molecule has 0 fully saturated rings. The molecule has 0 unspecified atom stereocenters. The van der Waals surface area contributed by atoms with Gasteiger partial charge in [0.05, 0.1) is 25.6 Å². The number of rotatable bonds is 5. The van der Waals surface area contributed by atoms with E-state index in [-0.39, 0.29) is 12.1 Å². The third-order valence-corrected chi connectivity index (χ3v) is 4.21. The standard InChI is InChI=1S/C15H15F2NO3S/c1-21-14-5-3-4-13(9-14)18(22(2,19)20)10-11-6-7-12(16)8-15(11)17/h3-9H,10H2,1-2H3. The molecule has 0 spiro atoms. The van der Waals surface area contributed by atoms with Gasteiger partial charge in [0.1, 0.15) is 17.4 Å². The lowest BCUT2D eigenvalue weighted by molar-refractivity contribution is 0.415. The highest BCUT2D eigenvalue weighted by atomic mass is 32.2. The molecule has 0 heterocycles. The van der Waals surface area contributed by atoms with Crippen molar-refractivity contribution in [2.75, 3.05) is 17.7 Å². The Morgan fingerprint density at radius 2 is 1.86 bits per heavy atom. The zero-order chi connectivity index (χ0) is 16.3. The third kappa shape index (κ3) is 3.73. The average Bonchev–Trinajstić information content (AvgIpc) is 2.45. The van der Waals surface area contributed by atoms with Crippen molar-refractivity contribution in [3.63, 3.8) is 0 Å². The van der Waals surface area contributed by atoms with Crippen LogP contribution in [0.15, 0.2) is 42.5 Å². The molecule has 0 amide bonds. The lowest BCUT2D eigenvalue weighted by atomic mass is 10.2. The SMILES string of the molecule is COc1cccc(N(Cc2ccc(F)cc2F)S(C)(=O)=O)c1. The highest BCUT2D eigenvalue weighted by Gasteiger charge is 2.20. The Labute approximate surface area is 128 Å². The van der Waals surface area contributed by atoms with E-state index in [4.69, 9.17) is 4.74 Å². The third-order valence-electron chi connectivity index (χ3n) is 3.07. The second-order valence-corrected chi connectivity index (χ2v) is 6.61. The van der Waals surface area contributed by atoms with Crippen LogP contribution in [0.5, 0.6) is 5.75 Å². The van der Waals surface area contributed by atoms with Crippen LogP contribution in [-0.4, -0.2) is 21.8 Å². The summed E-state index contributed by atoms with van der Waals surface area (Å²) < 4.78 is 56.8. The smallest absolute Gasteiger partial charge is 0.232 e. The van der Waals surface area contributed by atoms with Crippen molar-refractivity contribution in [2.24, 2.45) is 0 Å². The molecule has 2 rings (SSSR count). The maximum Gasteiger partial charge on any atom is 0.232 e. The van der Waals surface area contributed by atoms with E-state index < -0.39 is 21.7 Å². The van der Waals surface area contributed by atoms with Crippen LogP contribution < -0.4 is 9.04 Å². The largest absolute Gasteiger partial charge is 0.497 e. The number of halogens is 2. The quantitative estimate of drug-likeness (QED) is 0.848. The molecule has 0 saturated heterocycles. The van der Waals surface area contributed by atoms with Gasteiger partial charge in [0.15, 0.2) is 0 Å². The maximum absolute atomic E-state index is 13.8. The molecular weight excluding hydrogens is 312 g/mol. The van der Waals surface area contributed by atoms with E-state index in [1.807, 2.05) is 0 Å². The van der Waals surface area contributed by atoms with E-state index >= 15 is 0 Å². The van der Waals surface area contributed by atoms with Gasteiger partial charge in [-0.25, -0.2) is 17.2 Å². The van der Waals surface area contributed by atoms with Crippen molar-refractivity contribution < 1.29 is 21.9 Å². The van der Waals surface area contributed by atoms with Crippen molar-refractivity contribution in [3.05, 3.63) is 59.7 Å². The Balaban J connectivity index is 2.43. The van der Waals surface area contributed by atoms with Crippen LogP contribution in [-0.2, 0) is 16.6 Å². The van der Waals surface area contributed by atoms with Gasteiger partial charge in [-0.3, -0.25) is 4.31 Å². The van der Waals surface area contributed by atoms with Gasteiger partial charge in [-0.2, -0.15) is 0 Å². The first-order valence-corrected chi connectivity index (χ1v) is 8.22. The average molecular weight is 327 g/mol. The number of hydrogen-bond donors (Lipinski definition) is 0. The number of nitrogens with zero attached hydrogens (tertiary/aromatic N) is 1. The molecule has 0 aliphatic carbocycles. The van der Waals surface area contributed by atoms with E-state index in [9.17, 15) is 17.2 Å². The predicted molar refractivity (Wildman–Crippen MR) is 80.4 cm³/mol. The second kappa shape index (κ2) is 6.31. The fraction of sp³-hybridized carbons (Fsp3) is 0.200. The van der Waals surface area contributed by atoms with Gasteiger partial charge < -0.3 is 4.74 Å². The minimum absolute atomic E-state index is 0.0784. The summed E-state index contributed by atoms with van der Waals surface area (Å²) in [6.07, 6.45) is 1.02. The molecule has 4 nitrogen and oxygen atoms in total. The highest BCUT2D eigenvalue weighted by Crippen LogP contribution is 2.25. The Bertz CT molecular complexity index is 778. The lowest BCUT2D eigenvalue weighted by Crippen LogP contribution is -2.29. The van der Waals surface area contributed by atoms with Crippen LogP contribution in [0.4, 0.5) is 14.5 Å². The van der Waals surface area contributed by atoms with Crippen molar-refractivity contribution in [1.82, 2.24) is 0 Å². The fourth-order valence-corrected chi connectivity index (χ4v) is 2.84. The first-order chi connectivity index (χ1) is 10.3. The van der Waals surface area contributed by atoms with Gasteiger partial charge >= 0.3 is 0 Å². The van der Waals surface area contributed by atoms with E-state index in [2.05, 4.69) is 0 Å². The summed E-state index contributed by atoms with van der Waals surface area (Å²) >= 11 is 0. The molecule has 7 heteroatoms. The van der Waals surface area contributed by atoms with Gasteiger partial charge in [-0.05, 0) is 18.2 Å². The molecule has 0 N–H and O–H groups in total. The summed E-state index contributed by atoms with van der Waals surface area (Å²) in [5.41, 5.74) is 0.417.